The lowest BCUT2D eigenvalue weighted by atomic mass is 10.2. The molecule has 1 aromatic heterocycles. The number of hydrogen-bond donors (Lipinski definition) is 0. The zero-order valence-corrected chi connectivity index (χ0v) is 16.1. The summed E-state index contributed by atoms with van der Waals surface area (Å²) in [7, 11) is 0. The van der Waals surface area contributed by atoms with E-state index in [2.05, 4.69) is 27.7 Å². The summed E-state index contributed by atoms with van der Waals surface area (Å²) in [5.41, 5.74) is 2.11. The number of piperazine rings is 1. The number of anilines is 3. The maximum atomic E-state index is 13.1. The van der Waals surface area contributed by atoms with Gasteiger partial charge in [-0.3, -0.25) is 0 Å². The van der Waals surface area contributed by atoms with Gasteiger partial charge in [-0.15, -0.1) is 0 Å². The quantitative estimate of drug-likeness (QED) is 0.826. The van der Waals surface area contributed by atoms with Crippen LogP contribution in [0.2, 0.25) is 0 Å². The minimum Gasteiger partial charge on any atom is -0.368 e. The normalized spacial score (nSPS) is 18.5. The molecule has 0 amide bonds. The predicted octanol–water partition coefficient (Wildman–Crippen LogP) is 3.63. The Hall–Kier alpha value is -2.37. The lowest BCUT2D eigenvalue weighted by Gasteiger charge is -2.37. The van der Waals surface area contributed by atoms with Gasteiger partial charge in [0.1, 0.15) is 11.6 Å². The van der Waals surface area contributed by atoms with Crippen LogP contribution >= 0.6 is 0 Å². The lowest BCUT2D eigenvalue weighted by molar-refractivity contribution is 0.624. The molecule has 0 unspecified atom stereocenters. The third kappa shape index (κ3) is 4.31. The Labute approximate surface area is 160 Å². The maximum Gasteiger partial charge on any atom is 0.227 e. The number of benzene rings is 1. The summed E-state index contributed by atoms with van der Waals surface area (Å²) < 4.78 is 13.1. The molecule has 2 saturated heterocycles. The Morgan fingerprint density at radius 3 is 2.04 bits per heavy atom. The highest BCUT2D eigenvalue weighted by molar-refractivity contribution is 5.51. The number of aryl methyl sites for hydroxylation is 1. The number of rotatable bonds is 3. The Balaban J connectivity index is 1.45. The fraction of sp³-hybridized carbons (Fsp3) is 0.524. The zero-order chi connectivity index (χ0) is 18.6. The summed E-state index contributed by atoms with van der Waals surface area (Å²) in [5, 5.41) is 0. The monoisotopic (exact) mass is 369 g/mol. The van der Waals surface area contributed by atoms with Crippen LogP contribution < -0.4 is 14.7 Å². The standard InChI is InChI=1S/C21H28FN5/c1-17-16-20(24-21(23-17)27-10-4-2-3-5-11-27)26-14-12-25(13-15-26)19-8-6-18(22)7-9-19/h6-9,16H,2-5,10-15H2,1H3. The fourth-order valence-electron chi connectivity index (χ4n) is 3.96. The number of halogens is 1. The summed E-state index contributed by atoms with van der Waals surface area (Å²) >= 11 is 0. The van der Waals surface area contributed by atoms with Crippen molar-refractivity contribution in [3.05, 3.63) is 41.8 Å². The van der Waals surface area contributed by atoms with Crippen LogP contribution in [0.1, 0.15) is 31.4 Å². The Morgan fingerprint density at radius 2 is 1.37 bits per heavy atom. The van der Waals surface area contributed by atoms with E-state index in [1.807, 2.05) is 12.1 Å². The van der Waals surface area contributed by atoms with E-state index in [1.54, 1.807) is 0 Å². The van der Waals surface area contributed by atoms with Crippen molar-refractivity contribution < 1.29 is 4.39 Å². The highest BCUT2D eigenvalue weighted by atomic mass is 19.1. The molecule has 0 N–H and O–H groups in total. The van der Waals surface area contributed by atoms with Crippen molar-refractivity contribution in [1.29, 1.82) is 0 Å². The molecule has 0 spiro atoms. The average Bonchev–Trinajstić information content (AvgIpc) is 2.98. The van der Waals surface area contributed by atoms with Gasteiger partial charge in [0.05, 0.1) is 0 Å². The van der Waals surface area contributed by atoms with E-state index in [-0.39, 0.29) is 5.82 Å². The van der Waals surface area contributed by atoms with Gasteiger partial charge >= 0.3 is 0 Å². The van der Waals surface area contributed by atoms with Gasteiger partial charge in [-0.05, 0) is 44.0 Å². The molecule has 27 heavy (non-hydrogen) atoms. The number of hydrogen-bond acceptors (Lipinski definition) is 5. The summed E-state index contributed by atoms with van der Waals surface area (Å²) in [6.07, 6.45) is 5.06. The highest BCUT2D eigenvalue weighted by Gasteiger charge is 2.21. The molecule has 2 aromatic rings. The van der Waals surface area contributed by atoms with E-state index >= 15 is 0 Å². The molecule has 2 aliphatic heterocycles. The smallest absolute Gasteiger partial charge is 0.227 e. The molecular weight excluding hydrogens is 341 g/mol. The van der Waals surface area contributed by atoms with E-state index < -0.39 is 0 Å². The van der Waals surface area contributed by atoms with Crippen molar-refractivity contribution in [1.82, 2.24) is 9.97 Å². The van der Waals surface area contributed by atoms with E-state index in [4.69, 9.17) is 9.97 Å². The van der Waals surface area contributed by atoms with Gasteiger partial charge in [0.25, 0.3) is 0 Å². The minimum absolute atomic E-state index is 0.185. The Kier molecular flexibility index (Phi) is 5.41. The van der Waals surface area contributed by atoms with Crippen LogP contribution in [-0.4, -0.2) is 49.2 Å². The van der Waals surface area contributed by atoms with E-state index in [0.29, 0.717) is 0 Å². The van der Waals surface area contributed by atoms with Gasteiger partial charge in [0.2, 0.25) is 5.95 Å². The molecule has 0 saturated carbocycles. The van der Waals surface area contributed by atoms with Crippen molar-refractivity contribution in [2.24, 2.45) is 0 Å². The van der Waals surface area contributed by atoms with Crippen LogP contribution in [0.5, 0.6) is 0 Å². The molecule has 5 nitrogen and oxygen atoms in total. The van der Waals surface area contributed by atoms with Crippen molar-refractivity contribution >= 4 is 17.5 Å². The van der Waals surface area contributed by atoms with Crippen LogP contribution in [0.25, 0.3) is 0 Å². The zero-order valence-electron chi connectivity index (χ0n) is 16.1. The third-order valence-corrected chi connectivity index (χ3v) is 5.51. The van der Waals surface area contributed by atoms with Crippen molar-refractivity contribution in [2.45, 2.75) is 32.6 Å². The molecule has 2 aliphatic rings. The lowest BCUT2D eigenvalue weighted by Crippen LogP contribution is -2.47. The first-order valence-electron chi connectivity index (χ1n) is 10.1. The molecule has 0 aliphatic carbocycles. The summed E-state index contributed by atoms with van der Waals surface area (Å²) in [6, 6.07) is 8.87. The van der Waals surface area contributed by atoms with Crippen LogP contribution in [-0.2, 0) is 0 Å². The third-order valence-electron chi connectivity index (χ3n) is 5.51. The van der Waals surface area contributed by atoms with Gasteiger partial charge in [-0.1, -0.05) is 12.8 Å². The van der Waals surface area contributed by atoms with Gasteiger partial charge in [-0.2, -0.15) is 4.98 Å². The molecule has 4 rings (SSSR count). The second kappa shape index (κ2) is 8.11. The minimum atomic E-state index is -0.185. The van der Waals surface area contributed by atoms with E-state index in [0.717, 1.165) is 62.4 Å². The van der Waals surface area contributed by atoms with Crippen molar-refractivity contribution in [2.75, 3.05) is 54.0 Å². The Morgan fingerprint density at radius 1 is 0.741 bits per heavy atom. The molecule has 0 radical (unpaired) electrons. The molecule has 0 bridgehead atoms. The van der Waals surface area contributed by atoms with E-state index in [1.165, 1.54) is 37.8 Å². The SMILES string of the molecule is Cc1cc(N2CCN(c3ccc(F)cc3)CC2)nc(N2CCCCCC2)n1. The summed E-state index contributed by atoms with van der Waals surface area (Å²) in [5.74, 6) is 1.73. The van der Waals surface area contributed by atoms with E-state index in [9.17, 15) is 4.39 Å². The van der Waals surface area contributed by atoms with Crippen LogP contribution in [0, 0.1) is 12.7 Å². The highest BCUT2D eigenvalue weighted by Crippen LogP contribution is 2.23. The average molecular weight is 369 g/mol. The number of aromatic nitrogens is 2. The fourth-order valence-corrected chi connectivity index (χ4v) is 3.96. The summed E-state index contributed by atoms with van der Waals surface area (Å²) in [6.45, 7) is 7.81. The second-order valence-corrected chi connectivity index (χ2v) is 7.52. The molecule has 144 valence electrons. The van der Waals surface area contributed by atoms with Gasteiger partial charge < -0.3 is 14.7 Å². The molecule has 1 aromatic carbocycles. The second-order valence-electron chi connectivity index (χ2n) is 7.52. The first-order valence-corrected chi connectivity index (χ1v) is 10.1. The summed E-state index contributed by atoms with van der Waals surface area (Å²) in [4.78, 5) is 16.6. The Bertz CT molecular complexity index is 748. The van der Waals surface area contributed by atoms with Gasteiger partial charge in [0, 0.05) is 56.7 Å². The maximum absolute atomic E-state index is 13.1. The molecular formula is C21H28FN5. The largest absolute Gasteiger partial charge is 0.368 e. The predicted molar refractivity (Wildman–Crippen MR) is 108 cm³/mol. The molecule has 3 heterocycles. The molecule has 2 fully saturated rings. The number of nitrogens with zero attached hydrogens (tertiary/aromatic N) is 5. The van der Waals surface area contributed by atoms with Crippen LogP contribution in [0.15, 0.2) is 30.3 Å². The molecule has 0 atom stereocenters. The topological polar surface area (TPSA) is 35.5 Å². The van der Waals surface area contributed by atoms with Crippen LogP contribution in [0.3, 0.4) is 0 Å². The first kappa shape index (κ1) is 18.0. The van der Waals surface area contributed by atoms with Crippen molar-refractivity contribution in [3.8, 4) is 0 Å². The van der Waals surface area contributed by atoms with Gasteiger partial charge in [0.15, 0.2) is 0 Å². The first-order chi connectivity index (χ1) is 13.2. The van der Waals surface area contributed by atoms with Gasteiger partial charge in [-0.25, -0.2) is 9.37 Å². The molecule has 6 heteroatoms. The van der Waals surface area contributed by atoms with Crippen LogP contribution in [0.4, 0.5) is 21.8 Å². The van der Waals surface area contributed by atoms with Crippen molar-refractivity contribution in [3.63, 3.8) is 0 Å².